The van der Waals surface area contributed by atoms with E-state index in [1.165, 1.54) is 4.90 Å². The lowest BCUT2D eigenvalue weighted by atomic mass is 9.95. The zero-order chi connectivity index (χ0) is 23.1. The van der Waals surface area contributed by atoms with Gasteiger partial charge in [-0.2, -0.15) is 0 Å². The molecule has 2 aromatic rings. The van der Waals surface area contributed by atoms with Crippen LogP contribution in [0.1, 0.15) is 68.9 Å². The van der Waals surface area contributed by atoms with Gasteiger partial charge in [0.2, 0.25) is 5.91 Å². The molecule has 1 aliphatic rings. The van der Waals surface area contributed by atoms with Crippen LogP contribution in [0.3, 0.4) is 0 Å². The van der Waals surface area contributed by atoms with E-state index in [1.54, 1.807) is 18.4 Å². The van der Waals surface area contributed by atoms with Crippen LogP contribution in [0.15, 0.2) is 47.1 Å². The third-order valence-electron chi connectivity index (χ3n) is 5.86. The van der Waals surface area contributed by atoms with E-state index in [1.807, 2.05) is 45.0 Å². The molecular formula is C25H33N3O4. The van der Waals surface area contributed by atoms with Crippen LogP contribution in [0.2, 0.25) is 0 Å². The summed E-state index contributed by atoms with van der Waals surface area (Å²) in [4.78, 5) is 40.8. The van der Waals surface area contributed by atoms with Gasteiger partial charge in [0.15, 0.2) is 0 Å². The van der Waals surface area contributed by atoms with Crippen molar-refractivity contribution in [2.75, 3.05) is 0 Å². The van der Waals surface area contributed by atoms with Crippen LogP contribution in [-0.2, 0) is 20.9 Å². The second-order valence-corrected chi connectivity index (χ2v) is 8.72. The molecule has 1 atom stereocenters. The van der Waals surface area contributed by atoms with Crippen LogP contribution < -0.4 is 10.6 Å². The molecular weight excluding hydrogens is 406 g/mol. The fourth-order valence-corrected chi connectivity index (χ4v) is 4.13. The highest BCUT2D eigenvalue weighted by atomic mass is 16.3. The summed E-state index contributed by atoms with van der Waals surface area (Å²) in [6, 6.07) is 9.68. The number of benzene rings is 1. The Kier molecular flexibility index (Phi) is 8.09. The molecule has 1 aliphatic carbocycles. The summed E-state index contributed by atoms with van der Waals surface area (Å²) in [7, 11) is 0. The quantitative estimate of drug-likeness (QED) is 0.645. The van der Waals surface area contributed by atoms with E-state index < -0.39 is 17.9 Å². The van der Waals surface area contributed by atoms with Crippen molar-refractivity contribution in [3.63, 3.8) is 0 Å². The highest BCUT2D eigenvalue weighted by Gasteiger charge is 2.37. The van der Waals surface area contributed by atoms with E-state index >= 15 is 0 Å². The molecule has 2 N–H and O–H groups in total. The second kappa shape index (κ2) is 11.0. The third-order valence-corrected chi connectivity index (χ3v) is 5.86. The standard InChI is InChI=1S/C25H33N3O4/c1-17(2)28(25(31)24(30)27-20-8-5-4-6-9-20)22(19-13-11-18(3)12-14-19)23(29)26-16-21-10-7-15-32-21/h7,10-15,17,20,22H,4-6,8-9,16H2,1-3H3,(H,26,29)(H,27,30)/t22-/m1/s1. The molecule has 1 heterocycles. The number of aryl methyl sites for hydroxylation is 1. The van der Waals surface area contributed by atoms with Crippen LogP contribution in [0.4, 0.5) is 0 Å². The van der Waals surface area contributed by atoms with Crippen LogP contribution in [0.5, 0.6) is 0 Å². The largest absolute Gasteiger partial charge is 0.467 e. The van der Waals surface area contributed by atoms with Crippen LogP contribution >= 0.6 is 0 Å². The lowest BCUT2D eigenvalue weighted by molar-refractivity contribution is -0.152. The Morgan fingerprint density at radius 1 is 1.06 bits per heavy atom. The molecule has 0 aliphatic heterocycles. The predicted octanol–water partition coefficient (Wildman–Crippen LogP) is 3.63. The van der Waals surface area contributed by atoms with Crippen molar-refractivity contribution in [3.05, 3.63) is 59.5 Å². The molecule has 7 heteroatoms. The third kappa shape index (κ3) is 5.99. The number of nitrogens with one attached hydrogen (secondary N) is 2. The number of hydrogen-bond acceptors (Lipinski definition) is 4. The molecule has 1 fully saturated rings. The molecule has 7 nitrogen and oxygen atoms in total. The molecule has 1 aromatic heterocycles. The minimum atomic E-state index is -0.935. The molecule has 0 unspecified atom stereocenters. The number of carbonyl (C=O) groups excluding carboxylic acids is 3. The summed E-state index contributed by atoms with van der Waals surface area (Å²) in [5.41, 5.74) is 1.70. The Morgan fingerprint density at radius 3 is 2.34 bits per heavy atom. The first-order valence-electron chi connectivity index (χ1n) is 11.4. The number of amides is 3. The Bertz CT molecular complexity index is 900. The summed E-state index contributed by atoms with van der Waals surface area (Å²) >= 11 is 0. The molecule has 1 saturated carbocycles. The van der Waals surface area contributed by atoms with Crippen LogP contribution in [0, 0.1) is 6.92 Å². The topological polar surface area (TPSA) is 91.7 Å². The fourth-order valence-electron chi connectivity index (χ4n) is 4.13. The Balaban J connectivity index is 1.84. The van der Waals surface area contributed by atoms with Gasteiger partial charge in [-0.1, -0.05) is 49.1 Å². The molecule has 32 heavy (non-hydrogen) atoms. The minimum absolute atomic E-state index is 0.0137. The number of furan rings is 1. The van der Waals surface area contributed by atoms with Crippen molar-refractivity contribution < 1.29 is 18.8 Å². The zero-order valence-electron chi connectivity index (χ0n) is 19.1. The van der Waals surface area contributed by atoms with E-state index in [2.05, 4.69) is 10.6 Å². The van der Waals surface area contributed by atoms with Gasteiger partial charge in [-0.3, -0.25) is 14.4 Å². The normalized spacial score (nSPS) is 15.2. The summed E-state index contributed by atoms with van der Waals surface area (Å²) in [6.07, 6.45) is 6.56. The first kappa shape index (κ1) is 23.6. The molecule has 3 amide bonds. The maximum absolute atomic E-state index is 13.3. The molecule has 0 bridgehead atoms. The molecule has 1 aromatic carbocycles. The summed E-state index contributed by atoms with van der Waals surface area (Å²) in [5.74, 6) is -1.10. The van der Waals surface area contributed by atoms with Gasteiger partial charge in [-0.15, -0.1) is 0 Å². The monoisotopic (exact) mass is 439 g/mol. The Hall–Kier alpha value is -3.09. The van der Waals surface area contributed by atoms with Crippen molar-refractivity contribution in [2.45, 2.75) is 77.5 Å². The van der Waals surface area contributed by atoms with Crippen molar-refractivity contribution in [3.8, 4) is 0 Å². The van der Waals surface area contributed by atoms with E-state index in [-0.39, 0.29) is 24.5 Å². The summed E-state index contributed by atoms with van der Waals surface area (Å²) in [6.45, 7) is 5.78. The lowest BCUT2D eigenvalue weighted by Crippen LogP contribution is -2.53. The number of hydrogen-bond donors (Lipinski definition) is 2. The number of rotatable bonds is 7. The van der Waals surface area contributed by atoms with Gasteiger partial charge >= 0.3 is 11.8 Å². The van der Waals surface area contributed by atoms with Crippen molar-refractivity contribution in [2.24, 2.45) is 0 Å². The van der Waals surface area contributed by atoms with Crippen molar-refractivity contribution in [1.82, 2.24) is 15.5 Å². The Morgan fingerprint density at radius 2 is 1.75 bits per heavy atom. The van der Waals surface area contributed by atoms with Crippen LogP contribution in [-0.4, -0.2) is 34.7 Å². The van der Waals surface area contributed by atoms with Crippen molar-refractivity contribution >= 4 is 17.7 Å². The van der Waals surface area contributed by atoms with Crippen LogP contribution in [0.25, 0.3) is 0 Å². The summed E-state index contributed by atoms with van der Waals surface area (Å²) in [5, 5.41) is 5.74. The zero-order valence-corrected chi connectivity index (χ0v) is 19.1. The average molecular weight is 440 g/mol. The van der Waals surface area contributed by atoms with Gasteiger partial charge < -0.3 is 20.0 Å². The molecule has 0 radical (unpaired) electrons. The van der Waals surface area contributed by atoms with Gasteiger partial charge in [0, 0.05) is 12.1 Å². The second-order valence-electron chi connectivity index (χ2n) is 8.72. The van der Waals surface area contributed by atoms with Crippen molar-refractivity contribution in [1.29, 1.82) is 0 Å². The maximum Gasteiger partial charge on any atom is 0.313 e. The van der Waals surface area contributed by atoms with Gasteiger partial charge in [0.1, 0.15) is 11.8 Å². The first-order chi connectivity index (χ1) is 15.4. The average Bonchev–Trinajstić information content (AvgIpc) is 3.30. The van der Waals surface area contributed by atoms with Gasteiger partial charge in [0.05, 0.1) is 12.8 Å². The number of nitrogens with zero attached hydrogens (tertiary/aromatic N) is 1. The Labute approximate surface area is 189 Å². The fraction of sp³-hybridized carbons (Fsp3) is 0.480. The van der Waals surface area contributed by atoms with E-state index in [4.69, 9.17) is 4.42 Å². The molecule has 3 rings (SSSR count). The predicted molar refractivity (Wildman–Crippen MR) is 121 cm³/mol. The number of carbonyl (C=O) groups is 3. The maximum atomic E-state index is 13.3. The first-order valence-corrected chi connectivity index (χ1v) is 11.4. The molecule has 0 saturated heterocycles. The minimum Gasteiger partial charge on any atom is -0.467 e. The van der Waals surface area contributed by atoms with E-state index in [0.717, 1.165) is 37.7 Å². The highest BCUT2D eigenvalue weighted by molar-refractivity contribution is 6.35. The summed E-state index contributed by atoms with van der Waals surface area (Å²) < 4.78 is 5.30. The van der Waals surface area contributed by atoms with Gasteiger partial charge in [0.25, 0.3) is 0 Å². The molecule has 0 spiro atoms. The lowest BCUT2D eigenvalue weighted by Gasteiger charge is -2.34. The van der Waals surface area contributed by atoms with Gasteiger partial charge in [-0.05, 0) is 51.3 Å². The molecule has 172 valence electrons. The highest BCUT2D eigenvalue weighted by Crippen LogP contribution is 2.25. The van der Waals surface area contributed by atoms with E-state index in [9.17, 15) is 14.4 Å². The SMILES string of the molecule is Cc1ccc([C@H](C(=O)NCc2ccco2)N(C(=O)C(=O)NC2CCCCC2)C(C)C)cc1. The smallest absolute Gasteiger partial charge is 0.313 e. The van der Waals surface area contributed by atoms with E-state index in [0.29, 0.717) is 11.3 Å². The van der Waals surface area contributed by atoms with Gasteiger partial charge in [-0.25, -0.2) is 0 Å².